The minimum absolute atomic E-state index is 0.0214. The zero-order chi connectivity index (χ0) is 30.6. The Labute approximate surface area is 253 Å². The number of halogens is 1. The van der Waals surface area contributed by atoms with E-state index in [1.165, 1.54) is 12.1 Å². The van der Waals surface area contributed by atoms with Gasteiger partial charge in [-0.15, -0.1) is 0 Å². The maximum Gasteiger partial charge on any atom is 0.335 e. The van der Waals surface area contributed by atoms with Crippen LogP contribution in [0.15, 0.2) is 48.7 Å². The van der Waals surface area contributed by atoms with Crippen LogP contribution in [0.3, 0.4) is 0 Å². The van der Waals surface area contributed by atoms with Crippen LogP contribution in [0.5, 0.6) is 11.6 Å². The van der Waals surface area contributed by atoms with Crippen molar-refractivity contribution < 1.29 is 28.5 Å². The number of rotatable bonds is 11. The third-order valence-corrected chi connectivity index (χ3v) is 8.24. The van der Waals surface area contributed by atoms with Crippen LogP contribution in [0.25, 0.3) is 11.0 Å². The maximum absolute atomic E-state index is 14.2. The summed E-state index contributed by atoms with van der Waals surface area (Å²) < 4.78 is 33.8. The number of hydrogen-bond acceptors (Lipinski definition) is 9. The molecule has 2 aliphatic rings. The molecule has 0 bridgehead atoms. The number of fused-ring (bicyclic) bond motifs is 1. The van der Waals surface area contributed by atoms with Gasteiger partial charge in [-0.3, -0.25) is 4.90 Å². The Bertz CT molecular complexity index is 1700. The number of carbonyl (C=O) groups is 1. The molecule has 4 aromatic rings. The van der Waals surface area contributed by atoms with E-state index in [4.69, 9.17) is 24.5 Å². The van der Waals surface area contributed by atoms with Gasteiger partial charge in [0, 0.05) is 31.5 Å². The molecule has 1 N–H and O–H groups in total. The number of aromatic carboxylic acids is 1. The molecule has 0 amide bonds. The number of aromatic nitrogens is 4. The Kier molecular flexibility index (Phi) is 8.67. The molecule has 0 spiro atoms. The number of nitriles is 1. The molecule has 2 aliphatic heterocycles. The first-order valence-corrected chi connectivity index (χ1v) is 14.8. The van der Waals surface area contributed by atoms with E-state index in [1.807, 2.05) is 6.07 Å². The number of hydrogen-bond donors (Lipinski definition) is 1. The van der Waals surface area contributed by atoms with E-state index in [9.17, 15) is 14.3 Å². The second-order valence-corrected chi connectivity index (χ2v) is 11.1. The molecule has 2 saturated heterocycles. The fourth-order valence-electron chi connectivity index (χ4n) is 5.76. The van der Waals surface area contributed by atoms with Gasteiger partial charge >= 0.3 is 5.97 Å². The van der Waals surface area contributed by atoms with Crippen molar-refractivity contribution >= 4 is 17.0 Å². The highest BCUT2D eigenvalue weighted by atomic mass is 19.1. The molecule has 4 heterocycles. The fourth-order valence-corrected chi connectivity index (χ4v) is 5.76. The summed E-state index contributed by atoms with van der Waals surface area (Å²) in [5.74, 6) is 0.131. The standard InChI is InChI=1S/C32H33FN6O5/c1-2-22-15-23(44-31-7-10-35-29(37-31)19-43-28-6-3-20(16-34)13-25(28)33)8-11-38(22)18-30-36-26-5-4-21(32(40)41)14-27(26)39(30)17-24-9-12-42-24/h3-7,10,13-14,22-24H,2,8-9,11-12,15,17-19H2,1H3,(H,40,41)/t22-,23-,24-/m0/s1. The summed E-state index contributed by atoms with van der Waals surface area (Å²) in [6.45, 7) is 4.93. The number of imidazole rings is 1. The summed E-state index contributed by atoms with van der Waals surface area (Å²) in [7, 11) is 0. The third kappa shape index (κ3) is 6.49. The molecule has 12 heteroatoms. The zero-order valence-electron chi connectivity index (χ0n) is 24.4. The Hall–Kier alpha value is -4.60. The molecule has 2 aromatic carbocycles. The minimum Gasteiger partial charge on any atom is -0.483 e. The van der Waals surface area contributed by atoms with Crippen LogP contribution in [0.4, 0.5) is 4.39 Å². The lowest BCUT2D eigenvalue weighted by molar-refractivity contribution is -0.0593. The topological polar surface area (TPSA) is 136 Å². The second-order valence-electron chi connectivity index (χ2n) is 11.1. The number of likely N-dealkylation sites (tertiary alicyclic amines) is 1. The fraction of sp³-hybridized carbons (Fsp3) is 0.406. The van der Waals surface area contributed by atoms with Crippen molar-refractivity contribution in [1.29, 1.82) is 5.26 Å². The van der Waals surface area contributed by atoms with Gasteiger partial charge in [0.15, 0.2) is 17.4 Å². The summed E-state index contributed by atoms with van der Waals surface area (Å²) in [6.07, 6.45) is 5.14. The van der Waals surface area contributed by atoms with Crippen molar-refractivity contribution in [2.45, 2.75) is 70.6 Å². The van der Waals surface area contributed by atoms with Crippen molar-refractivity contribution in [2.75, 3.05) is 13.2 Å². The van der Waals surface area contributed by atoms with Gasteiger partial charge in [-0.2, -0.15) is 10.2 Å². The molecule has 2 fully saturated rings. The third-order valence-electron chi connectivity index (χ3n) is 8.24. The number of carboxylic acid groups (broad SMARTS) is 1. The van der Waals surface area contributed by atoms with E-state index in [0.29, 0.717) is 24.8 Å². The van der Waals surface area contributed by atoms with Crippen molar-refractivity contribution in [3.05, 3.63) is 77.3 Å². The molecule has 3 atom stereocenters. The molecule has 11 nitrogen and oxygen atoms in total. The van der Waals surface area contributed by atoms with Crippen LogP contribution in [0.1, 0.15) is 60.2 Å². The summed E-state index contributed by atoms with van der Waals surface area (Å²) >= 11 is 0. The van der Waals surface area contributed by atoms with Gasteiger partial charge in [-0.05, 0) is 62.1 Å². The summed E-state index contributed by atoms with van der Waals surface area (Å²) in [5, 5.41) is 18.5. The normalized spacial score (nSPS) is 20.2. The van der Waals surface area contributed by atoms with Gasteiger partial charge in [-0.1, -0.05) is 6.92 Å². The largest absolute Gasteiger partial charge is 0.483 e. The lowest BCUT2D eigenvalue weighted by Gasteiger charge is -2.39. The van der Waals surface area contributed by atoms with E-state index >= 15 is 0 Å². The van der Waals surface area contributed by atoms with Crippen molar-refractivity contribution in [1.82, 2.24) is 24.4 Å². The van der Waals surface area contributed by atoms with Gasteiger partial charge < -0.3 is 23.9 Å². The predicted molar refractivity (Wildman–Crippen MR) is 157 cm³/mol. The lowest BCUT2D eigenvalue weighted by atomic mass is 9.97. The van der Waals surface area contributed by atoms with Gasteiger partial charge in [0.2, 0.25) is 5.88 Å². The molecule has 2 aromatic heterocycles. The van der Waals surface area contributed by atoms with Crippen molar-refractivity contribution in [3.63, 3.8) is 0 Å². The first kappa shape index (κ1) is 29.5. The minimum atomic E-state index is -0.960. The first-order valence-electron chi connectivity index (χ1n) is 14.8. The summed E-state index contributed by atoms with van der Waals surface area (Å²) in [5.41, 5.74) is 2.05. The smallest absolute Gasteiger partial charge is 0.335 e. The van der Waals surface area contributed by atoms with Crippen LogP contribution in [-0.4, -0.2) is 66.9 Å². The number of nitrogens with zero attached hydrogens (tertiary/aromatic N) is 6. The highest BCUT2D eigenvalue weighted by Gasteiger charge is 2.31. The molecule has 0 aliphatic carbocycles. The van der Waals surface area contributed by atoms with Crippen LogP contribution in [0, 0.1) is 17.1 Å². The first-order chi connectivity index (χ1) is 21.4. The van der Waals surface area contributed by atoms with Crippen LogP contribution in [-0.2, 0) is 24.4 Å². The summed E-state index contributed by atoms with van der Waals surface area (Å²) in [6, 6.07) is 13.0. The lowest BCUT2D eigenvalue weighted by Crippen LogP contribution is -2.45. The van der Waals surface area contributed by atoms with Crippen LogP contribution in [0.2, 0.25) is 0 Å². The van der Waals surface area contributed by atoms with E-state index in [2.05, 4.69) is 26.4 Å². The van der Waals surface area contributed by atoms with Gasteiger partial charge in [0.05, 0.1) is 47.4 Å². The average molecular weight is 601 g/mol. The van der Waals surface area contributed by atoms with Crippen molar-refractivity contribution in [2.24, 2.45) is 0 Å². The van der Waals surface area contributed by atoms with E-state index in [0.717, 1.165) is 61.8 Å². The van der Waals surface area contributed by atoms with Crippen LogP contribution < -0.4 is 9.47 Å². The van der Waals surface area contributed by atoms with Crippen LogP contribution >= 0.6 is 0 Å². The monoisotopic (exact) mass is 600 g/mol. The van der Waals surface area contributed by atoms with Gasteiger partial charge in [0.25, 0.3) is 0 Å². The number of benzene rings is 2. The average Bonchev–Trinajstić information content (AvgIpc) is 3.35. The Morgan fingerprint density at radius 1 is 1.20 bits per heavy atom. The molecule has 6 rings (SSSR count). The molecular formula is C32H33FN6O5. The Balaban J connectivity index is 1.11. The second kappa shape index (κ2) is 13.0. The summed E-state index contributed by atoms with van der Waals surface area (Å²) in [4.78, 5) is 27.7. The maximum atomic E-state index is 14.2. The van der Waals surface area contributed by atoms with Crippen molar-refractivity contribution in [3.8, 4) is 17.7 Å². The van der Waals surface area contributed by atoms with E-state index in [1.54, 1.807) is 30.5 Å². The molecule has 0 unspecified atom stereocenters. The molecular weight excluding hydrogens is 567 g/mol. The number of ether oxygens (including phenoxy) is 3. The number of carboxylic acids is 1. The Morgan fingerprint density at radius 2 is 2.07 bits per heavy atom. The molecule has 228 valence electrons. The van der Waals surface area contributed by atoms with E-state index < -0.39 is 11.8 Å². The van der Waals surface area contributed by atoms with Gasteiger partial charge in [0.1, 0.15) is 18.5 Å². The molecule has 44 heavy (non-hydrogen) atoms. The highest BCUT2D eigenvalue weighted by Crippen LogP contribution is 2.28. The molecule has 0 radical (unpaired) electrons. The predicted octanol–water partition coefficient (Wildman–Crippen LogP) is 4.73. The van der Waals surface area contributed by atoms with E-state index in [-0.39, 0.29) is 41.7 Å². The Morgan fingerprint density at radius 3 is 2.80 bits per heavy atom. The number of piperidine rings is 1. The van der Waals surface area contributed by atoms with Gasteiger partial charge in [-0.25, -0.2) is 19.2 Å². The molecule has 0 saturated carbocycles. The SMILES string of the molecule is CC[C@H]1C[C@@H](Oc2ccnc(COc3ccc(C#N)cc3F)n2)CCN1Cc1nc2ccc(C(=O)O)cc2n1C[C@@H]1CCO1. The quantitative estimate of drug-likeness (QED) is 0.257. The highest BCUT2D eigenvalue weighted by molar-refractivity contribution is 5.92. The zero-order valence-corrected chi connectivity index (χ0v) is 24.4.